The van der Waals surface area contributed by atoms with Crippen LogP contribution in [-0.4, -0.2) is 34.4 Å². The largest absolute Gasteiger partial charge is 0.341 e. The molecule has 3 rings (SSSR count). The highest BCUT2D eigenvalue weighted by Gasteiger charge is 2.33. The maximum Gasteiger partial charge on any atom is 0.269 e. The lowest BCUT2D eigenvalue weighted by Crippen LogP contribution is -2.41. The van der Waals surface area contributed by atoms with E-state index in [1.54, 1.807) is 23.1 Å². The highest BCUT2D eigenvalue weighted by molar-refractivity contribution is 6.31. The first kappa shape index (κ1) is 13.6. The summed E-state index contributed by atoms with van der Waals surface area (Å²) in [5, 5.41) is 3.29. The van der Waals surface area contributed by atoms with Crippen LogP contribution in [0, 0.1) is 0 Å². The van der Waals surface area contributed by atoms with Gasteiger partial charge in [0.1, 0.15) is 11.7 Å². The topological polar surface area (TPSA) is 78.1 Å². The van der Waals surface area contributed by atoms with Crippen LogP contribution in [-0.2, 0) is 4.79 Å². The first-order valence-electron chi connectivity index (χ1n) is 6.51. The minimum Gasteiger partial charge on any atom is -0.341 e. The second-order valence-electron chi connectivity index (χ2n) is 4.75. The number of halogens is 1. The Morgan fingerprint density at radius 3 is 3.05 bits per heavy atom. The summed E-state index contributed by atoms with van der Waals surface area (Å²) in [4.78, 5) is 32.4. The fourth-order valence-corrected chi connectivity index (χ4v) is 2.51. The fraction of sp³-hybridized carbons (Fsp3) is 0.214. The minimum atomic E-state index is -0.528. The molecule has 0 saturated carbocycles. The molecule has 1 atom stereocenters. The molecular weight excluding hydrogens is 292 g/mol. The molecule has 1 aromatic heterocycles. The number of benzene rings is 1. The van der Waals surface area contributed by atoms with Crippen LogP contribution in [0.4, 0.5) is 5.69 Å². The number of amides is 2. The standard InChI is InChI=1S/C14H13ClN4O2/c15-9-2-1-3-10(6-9)19-5-4-11(14(19)21)18-13(20)12-7-16-8-17-12/h1-3,6-8,11H,4-5H2,(H,16,17)(H,18,20). The average molecular weight is 305 g/mol. The quantitative estimate of drug-likeness (QED) is 0.904. The molecular formula is C14H13ClN4O2. The molecule has 1 saturated heterocycles. The van der Waals surface area contributed by atoms with E-state index in [1.807, 2.05) is 6.07 Å². The third-order valence-electron chi connectivity index (χ3n) is 3.37. The highest BCUT2D eigenvalue weighted by atomic mass is 35.5. The van der Waals surface area contributed by atoms with Gasteiger partial charge in [0.2, 0.25) is 5.91 Å². The molecule has 108 valence electrons. The molecule has 1 unspecified atom stereocenters. The number of anilines is 1. The second-order valence-corrected chi connectivity index (χ2v) is 5.19. The van der Waals surface area contributed by atoms with Gasteiger partial charge in [0.05, 0.1) is 12.5 Å². The van der Waals surface area contributed by atoms with Gasteiger partial charge in [-0.15, -0.1) is 0 Å². The van der Waals surface area contributed by atoms with Gasteiger partial charge in [0, 0.05) is 17.3 Å². The van der Waals surface area contributed by atoms with Crippen molar-refractivity contribution in [3.63, 3.8) is 0 Å². The molecule has 0 bridgehead atoms. The molecule has 2 amide bonds. The molecule has 2 heterocycles. The zero-order valence-corrected chi connectivity index (χ0v) is 11.8. The number of nitrogens with one attached hydrogen (secondary N) is 2. The molecule has 7 heteroatoms. The Bertz CT molecular complexity index is 671. The van der Waals surface area contributed by atoms with Gasteiger partial charge in [-0.1, -0.05) is 17.7 Å². The van der Waals surface area contributed by atoms with E-state index in [4.69, 9.17) is 11.6 Å². The molecule has 6 nitrogen and oxygen atoms in total. The number of carbonyl (C=O) groups excluding carboxylic acids is 2. The predicted molar refractivity (Wildman–Crippen MR) is 78.3 cm³/mol. The summed E-state index contributed by atoms with van der Waals surface area (Å²) in [6.07, 6.45) is 3.40. The number of aromatic nitrogens is 2. The van der Waals surface area contributed by atoms with Gasteiger partial charge >= 0.3 is 0 Å². The normalized spacial score (nSPS) is 18.0. The SMILES string of the molecule is O=C(NC1CCN(c2cccc(Cl)c2)C1=O)c1cnc[nH]1. The van der Waals surface area contributed by atoms with Crippen molar-refractivity contribution >= 4 is 29.1 Å². The summed E-state index contributed by atoms with van der Waals surface area (Å²) in [5.74, 6) is -0.469. The van der Waals surface area contributed by atoms with E-state index in [1.165, 1.54) is 12.5 Å². The maximum absolute atomic E-state index is 12.4. The molecule has 1 aromatic carbocycles. The third-order valence-corrected chi connectivity index (χ3v) is 3.61. The molecule has 0 radical (unpaired) electrons. The van der Waals surface area contributed by atoms with Crippen molar-refractivity contribution in [2.45, 2.75) is 12.5 Å². The molecule has 1 aliphatic rings. The zero-order chi connectivity index (χ0) is 14.8. The molecule has 2 aromatic rings. The van der Waals surface area contributed by atoms with Gasteiger partial charge in [-0.05, 0) is 24.6 Å². The summed E-state index contributed by atoms with van der Waals surface area (Å²) >= 11 is 5.94. The van der Waals surface area contributed by atoms with E-state index in [2.05, 4.69) is 15.3 Å². The summed E-state index contributed by atoms with van der Waals surface area (Å²) in [6, 6.07) is 6.58. The van der Waals surface area contributed by atoms with Crippen molar-refractivity contribution in [2.24, 2.45) is 0 Å². The van der Waals surface area contributed by atoms with E-state index >= 15 is 0 Å². The third kappa shape index (κ3) is 2.75. The van der Waals surface area contributed by atoms with Crippen LogP contribution in [0.25, 0.3) is 0 Å². The molecule has 1 fully saturated rings. The number of aromatic amines is 1. The molecule has 21 heavy (non-hydrogen) atoms. The van der Waals surface area contributed by atoms with Gasteiger partial charge in [0.25, 0.3) is 5.91 Å². The van der Waals surface area contributed by atoms with Crippen molar-refractivity contribution < 1.29 is 9.59 Å². The van der Waals surface area contributed by atoms with Gasteiger partial charge < -0.3 is 15.2 Å². The van der Waals surface area contributed by atoms with Crippen LogP contribution in [0.2, 0.25) is 5.02 Å². The van der Waals surface area contributed by atoms with Gasteiger partial charge in [-0.2, -0.15) is 0 Å². The summed E-state index contributed by atoms with van der Waals surface area (Å²) in [5.41, 5.74) is 1.08. The maximum atomic E-state index is 12.4. The lowest BCUT2D eigenvalue weighted by Gasteiger charge is -2.17. The van der Waals surface area contributed by atoms with Crippen molar-refractivity contribution in [2.75, 3.05) is 11.4 Å². The predicted octanol–water partition coefficient (Wildman–Crippen LogP) is 1.60. The Labute approximate surface area is 126 Å². The van der Waals surface area contributed by atoms with Crippen molar-refractivity contribution in [3.8, 4) is 0 Å². The van der Waals surface area contributed by atoms with Crippen LogP contribution in [0.3, 0.4) is 0 Å². The van der Waals surface area contributed by atoms with Crippen LogP contribution < -0.4 is 10.2 Å². The lowest BCUT2D eigenvalue weighted by molar-refractivity contribution is -0.118. The number of rotatable bonds is 3. The van der Waals surface area contributed by atoms with Crippen LogP contribution in [0.1, 0.15) is 16.9 Å². The van der Waals surface area contributed by atoms with E-state index < -0.39 is 6.04 Å². The Hall–Kier alpha value is -2.34. The smallest absolute Gasteiger partial charge is 0.269 e. The van der Waals surface area contributed by atoms with Gasteiger partial charge in [-0.3, -0.25) is 9.59 Å². The van der Waals surface area contributed by atoms with Crippen LogP contribution in [0.15, 0.2) is 36.8 Å². The van der Waals surface area contributed by atoms with E-state index in [0.29, 0.717) is 23.7 Å². The van der Waals surface area contributed by atoms with Crippen molar-refractivity contribution in [1.29, 1.82) is 0 Å². The Balaban J connectivity index is 1.70. The monoisotopic (exact) mass is 304 g/mol. The summed E-state index contributed by atoms with van der Waals surface area (Å²) < 4.78 is 0. The zero-order valence-electron chi connectivity index (χ0n) is 11.0. The lowest BCUT2D eigenvalue weighted by atomic mass is 10.2. The van der Waals surface area contributed by atoms with E-state index in [0.717, 1.165) is 5.69 Å². The molecule has 0 aliphatic carbocycles. The second kappa shape index (κ2) is 5.57. The van der Waals surface area contributed by atoms with E-state index in [-0.39, 0.29) is 11.8 Å². The Morgan fingerprint density at radius 1 is 1.48 bits per heavy atom. The summed E-state index contributed by atoms with van der Waals surface area (Å²) in [6.45, 7) is 0.549. The number of H-pyrrole nitrogens is 1. The van der Waals surface area contributed by atoms with E-state index in [9.17, 15) is 9.59 Å². The number of imidazole rings is 1. The first-order valence-corrected chi connectivity index (χ1v) is 6.89. The highest BCUT2D eigenvalue weighted by Crippen LogP contribution is 2.24. The number of carbonyl (C=O) groups is 2. The van der Waals surface area contributed by atoms with Gasteiger partial charge in [0.15, 0.2) is 0 Å². The molecule has 2 N–H and O–H groups in total. The van der Waals surface area contributed by atoms with Crippen LogP contribution >= 0.6 is 11.6 Å². The average Bonchev–Trinajstić information content (AvgIpc) is 3.10. The van der Waals surface area contributed by atoms with Crippen molar-refractivity contribution in [1.82, 2.24) is 15.3 Å². The Kier molecular flexibility index (Phi) is 3.62. The number of hydrogen-bond acceptors (Lipinski definition) is 3. The number of hydrogen-bond donors (Lipinski definition) is 2. The summed E-state index contributed by atoms with van der Waals surface area (Å²) in [7, 11) is 0. The minimum absolute atomic E-state index is 0.134. The van der Waals surface area contributed by atoms with Gasteiger partial charge in [-0.25, -0.2) is 4.98 Å². The Morgan fingerprint density at radius 2 is 2.33 bits per heavy atom. The van der Waals surface area contributed by atoms with Crippen molar-refractivity contribution in [3.05, 3.63) is 47.5 Å². The number of nitrogens with zero attached hydrogens (tertiary/aromatic N) is 2. The first-order chi connectivity index (χ1) is 10.1. The van der Waals surface area contributed by atoms with Crippen LogP contribution in [0.5, 0.6) is 0 Å². The fourth-order valence-electron chi connectivity index (χ4n) is 2.33. The molecule has 1 aliphatic heterocycles. The molecule has 0 spiro atoms.